The standard InChI is InChI=1S/C16H23NO3/c1-3-14-12-19-10-8-17(14)9-11-20-16-7-5-4-6-15(16)13(2)18/h4-7,14H,3,8-12H2,1-2H3. The predicted octanol–water partition coefficient (Wildman–Crippen LogP) is 2.38. The number of benzene rings is 1. The monoisotopic (exact) mass is 277 g/mol. The number of carbonyl (C=O) groups is 1. The van der Waals surface area contributed by atoms with E-state index < -0.39 is 0 Å². The molecule has 4 nitrogen and oxygen atoms in total. The summed E-state index contributed by atoms with van der Waals surface area (Å²) in [6.07, 6.45) is 1.09. The van der Waals surface area contributed by atoms with E-state index in [9.17, 15) is 4.79 Å². The van der Waals surface area contributed by atoms with Crippen LogP contribution in [0.3, 0.4) is 0 Å². The van der Waals surface area contributed by atoms with Crippen LogP contribution in [0.15, 0.2) is 24.3 Å². The van der Waals surface area contributed by atoms with Crippen molar-refractivity contribution in [3.8, 4) is 5.75 Å². The summed E-state index contributed by atoms with van der Waals surface area (Å²) in [5.41, 5.74) is 0.654. The Hall–Kier alpha value is -1.39. The minimum Gasteiger partial charge on any atom is -0.491 e. The molecule has 1 heterocycles. The van der Waals surface area contributed by atoms with Crippen LogP contribution in [0.4, 0.5) is 0 Å². The SMILES string of the molecule is CCC1COCCN1CCOc1ccccc1C(C)=O. The molecule has 0 spiro atoms. The lowest BCUT2D eigenvalue weighted by atomic mass is 10.1. The number of morpholine rings is 1. The van der Waals surface area contributed by atoms with Crippen LogP contribution in [0.5, 0.6) is 5.75 Å². The first kappa shape index (κ1) is 15.0. The number of carbonyl (C=O) groups excluding carboxylic acids is 1. The molecule has 20 heavy (non-hydrogen) atoms. The summed E-state index contributed by atoms with van der Waals surface area (Å²) in [7, 11) is 0. The number of para-hydroxylation sites is 1. The second-order valence-electron chi connectivity index (χ2n) is 5.07. The van der Waals surface area contributed by atoms with E-state index in [-0.39, 0.29) is 5.78 Å². The van der Waals surface area contributed by atoms with E-state index in [0.29, 0.717) is 24.0 Å². The molecule has 0 bridgehead atoms. The summed E-state index contributed by atoms with van der Waals surface area (Å²) in [4.78, 5) is 13.9. The Bertz CT molecular complexity index is 447. The molecule has 1 aromatic carbocycles. The molecule has 1 aromatic rings. The lowest BCUT2D eigenvalue weighted by Crippen LogP contribution is -2.46. The Morgan fingerprint density at radius 2 is 2.25 bits per heavy atom. The third-order valence-electron chi connectivity index (χ3n) is 3.72. The first-order valence-electron chi connectivity index (χ1n) is 7.27. The maximum absolute atomic E-state index is 11.5. The minimum atomic E-state index is 0.0402. The van der Waals surface area contributed by atoms with Crippen molar-refractivity contribution in [2.45, 2.75) is 26.3 Å². The number of hydrogen-bond donors (Lipinski definition) is 0. The highest BCUT2D eigenvalue weighted by Gasteiger charge is 2.21. The Balaban J connectivity index is 1.88. The summed E-state index contributed by atoms with van der Waals surface area (Å²) < 4.78 is 11.3. The largest absolute Gasteiger partial charge is 0.491 e. The van der Waals surface area contributed by atoms with E-state index in [1.54, 1.807) is 13.0 Å². The van der Waals surface area contributed by atoms with Gasteiger partial charge in [0.05, 0.1) is 18.8 Å². The van der Waals surface area contributed by atoms with E-state index >= 15 is 0 Å². The quantitative estimate of drug-likeness (QED) is 0.748. The van der Waals surface area contributed by atoms with Gasteiger partial charge in [0.25, 0.3) is 0 Å². The molecule has 0 amide bonds. The highest BCUT2D eigenvalue weighted by Crippen LogP contribution is 2.18. The summed E-state index contributed by atoms with van der Waals surface area (Å²) >= 11 is 0. The fourth-order valence-electron chi connectivity index (χ4n) is 2.52. The zero-order chi connectivity index (χ0) is 14.4. The number of ether oxygens (including phenoxy) is 2. The molecule has 1 fully saturated rings. The highest BCUT2D eigenvalue weighted by molar-refractivity contribution is 5.96. The summed E-state index contributed by atoms with van der Waals surface area (Å²) in [5, 5.41) is 0. The van der Waals surface area contributed by atoms with Crippen LogP contribution >= 0.6 is 0 Å². The van der Waals surface area contributed by atoms with Crippen molar-refractivity contribution in [1.82, 2.24) is 4.90 Å². The third kappa shape index (κ3) is 3.81. The van der Waals surface area contributed by atoms with Crippen molar-refractivity contribution < 1.29 is 14.3 Å². The molecule has 1 atom stereocenters. The van der Waals surface area contributed by atoms with E-state index in [2.05, 4.69) is 11.8 Å². The van der Waals surface area contributed by atoms with Crippen LogP contribution in [0.2, 0.25) is 0 Å². The van der Waals surface area contributed by atoms with Crippen LogP contribution in [0.25, 0.3) is 0 Å². The molecule has 4 heteroatoms. The molecule has 110 valence electrons. The Morgan fingerprint density at radius 3 is 3.00 bits per heavy atom. The van der Waals surface area contributed by atoms with Gasteiger partial charge in [-0.05, 0) is 25.5 Å². The second-order valence-corrected chi connectivity index (χ2v) is 5.07. The normalized spacial score (nSPS) is 19.8. The van der Waals surface area contributed by atoms with E-state index in [1.807, 2.05) is 18.2 Å². The van der Waals surface area contributed by atoms with Gasteiger partial charge in [-0.25, -0.2) is 0 Å². The molecule has 0 N–H and O–H groups in total. The van der Waals surface area contributed by atoms with Gasteiger partial charge in [-0.3, -0.25) is 9.69 Å². The van der Waals surface area contributed by atoms with Crippen molar-refractivity contribution in [3.63, 3.8) is 0 Å². The fourth-order valence-corrected chi connectivity index (χ4v) is 2.52. The van der Waals surface area contributed by atoms with Gasteiger partial charge in [-0.15, -0.1) is 0 Å². The molecule has 1 aliphatic rings. The predicted molar refractivity (Wildman–Crippen MR) is 78.4 cm³/mol. The van der Waals surface area contributed by atoms with Crippen LogP contribution in [-0.2, 0) is 4.74 Å². The minimum absolute atomic E-state index is 0.0402. The average molecular weight is 277 g/mol. The molecule has 0 aromatic heterocycles. The van der Waals surface area contributed by atoms with E-state index in [4.69, 9.17) is 9.47 Å². The summed E-state index contributed by atoms with van der Waals surface area (Å²) in [6, 6.07) is 7.90. The van der Waals surface area contributed by atoms with Gasteiger partial charge in [0, 0.05) is 19.1 Å². The molecule has 1 saturated heterocycles. The van der Waals surface area contributed by atoms with Crippen LogP contribution in [0.1, 0.15) is 30.6 Å². The molecular formula is C16H23NO3. The highest BCUT2D eigenvalue weighted by atomic mass is 16.5. The van der Waals surface area contributed by atoms with Gasteiger partial charge in [0.15, 0.2) is 5.78 Å². The number of hydrogen-bond acceptors (Lipinski definition) is 4. The average Bonchev–Trinajstić information content (AvgIpc) is 2.48. The Kier molecular flexibility index (Phi) is 5.56. The molecule has 2 rings (SSSR count). The van der Waals surface area contributed by atoms with Gasteiger partial charge < -0.3 is 9.47 Å². The third-order valence-corrected chi connectivity index (χ3v) is 3.72. The fraction of sp³-hybridized carbons (Fsp3) is 0.562. The Morgan fingerprint density at radius 1 is 1.45 bits per heavy atom. The Labute approximate surface area is 120 Å². The number of ketones is 1. The molecule has 0 aliphatic carbocycles. The zero-order valence-corrected chi connectivity index (χ0v) is 12.3. The van der Waals surface area contributed by atoms with Crippen molar-refractivity contribution in [1.29, 1.82) is 0 Å². The zero-order valence-electron chi connectivity index (χ0n) is 12.3. The molecule has 0 saturated carbocycles. The molecule has 1 aliphatic heterocycles. The van der Waals surface area contributed by atoms with Crippen molar-refractivity contribution in [3.05, 3.63) is 29.8 Å². The van der Waals surface area contributed by atoms with Crippen molar-refractivity contribution in [2.24, 2.45) is 0 Å². The molecule has 1 unspecified atom stereocenters. The van der Waals surface area contributed by atoms with E-state index in [1.165, 1.54) is 0 Å². The summed E-state index contributed by atoms with van der Waals surface area (Å²) in [5.74, 6) is 0.722. The van der Waals surface area contributed by atoms with Crippen molar-refractivity contribution >= 4 is 5.78 Å². The first-order valence-corrected chi connectivity index (χ1v) is 7.27. The number of rotatable bonds is 6. The maximum atomic E-state index is 11.5. The van der Waals surface area contributed by atoms with Gasteiger partial charge in [-0.1, -0.05) is 19.1 Å². The lowest BCUT2D eigenvalue weighted by Gasteiger charge is -2.34. The van der Waals surface area contributed by atoms with Crippen LogP contribution < -0.4 is 4.74 Å². The van der Waals surface area contributed by atoms with Gasteiger partial charge in [0.2, 0.25) is 0 Å². The van der Waals surface area contributed by atoms with Gasteiger partial charge >= 0.3 is 0 Å². The summed E-state index contributed by atoms with van der Waals surface area (Å²) in [6.45, 7) is 7.77. The maximum Gasteiger partial charge on any atom is 0.163 e. The topological polar surface area (TPSA) is 38.8 Å². The van der Waals surface area contributed by atoms with E-state index in [0.717, 1.165) is 32.7 Å². The molecule has 0 radical (unpaired) electrons. The number of nitrogens with zero attached hydrogens (tertiary/aromatic N) is 1. The first-order chi connectivity index (χ1) is 9.72. The lowest BCUT2D eigenvalue weighted by molar-refractivity contribution is -0.0132. The van der Waals surface area contributed by atoms with Crippen LogP contribution in [0, 0.1) is 0 Å². The van der Waals surface area contributed by atoms with Gasteiger partial charge in [-0.2, -0.15) is 0 Å². The van der Waals surface area contributed by atoms with Crippen LogP contribution in [-0.4, -0.2) is 49.6 Å². The van der Waals surface area contributed by atoms with Gasteiger partial charge in [0.1, 0.15) is 12.4 Å². The molecular weight excluding hydrogens is 254 g/mol. The number of Topliss-reactive ketones (excluding diaryl/α,β-unsaturated/α-hetero) is 1. The van der Waals surface area contributed by atoms with Crippen molar-refractivity contribution in [2.75, 3.05) is 32.9 Å². The second kappa shape index (κ2) is 7.41. The smallest absolute Gasteiger partial charge is 0.163 e.